The van der Waals surface area contributed by atoms with Gasteiger partial charge in [-0.05, 0) is 18.4 Å². The number of hydrogen-bond donors (Lipinski definition) is 2. The minimum absolute atomic E-state index is 0.478. The largest absolute Gasteiger partial charge is 0.370 e. The monoisotopic (exact) mass is 221 g/mol. The van der Waals surface area contributed by atoms with Crippen LogP contribution in [0.2, 0.25) is 0 Å². The molecule has 0 aliphatic rings. The van der Waals surface area contributed by atoms with Crippen LogP contribution in [0.4, 0.5) is 0 Å². The van der Waals surface area contributed by atoms with Crippen LogP contribution in [0.1, 0.15) is 12.0 Å². The Labute approximate surface area is 96.1 Å². The van der Waals surface area contributed by atoms with Gasteiger partial charge in [0.25, 0.3) is 0 Å². The zero-order valence-corrected chi connectivity index (χ0v) is 9.69. The number of hydrogen-bond acceptors (Lipinski definition) is 2. The predicted molar refractivity (Wildman–Crippen MR) is 66.2 cm³/mol. The molecule has 1 heterocycles. The van der Waals surface area contributed by atoms with Gasteiger partial charge in [0.2, 0.25) is 0 Å². The normalized spacial score (nSPS) is 11.4. The highest BCUT2D eigenvalue weighted by Gasteiger charge is 1.95. The third-order valence-electron chi connectivity index (χ3n) is 2.09. The van der Waals surface area contributed by atoms with Gasteiger partial charge in [0.15, 0.2) is 5.96 Å². The minimum Gasteiger partial charge on any atom is -0.370 e. The van der Waals surface area contributed by atoms with Gasteiger partial charge in [-0.15, -0.1) is 6.58 Å². The van der Waals surface area contributed by atoms with Gasteiger partial charge in [0, 0.05) is 26.3 Å². The first-order valence-electron chi connectivity index (χ1n) is 5.34. The second-order valence-electron chi connectivity index (χ2n) is 3.56. The Kier molecular flexibility index (Phi) is 5.11. The lowest BCUT2D eigenvalue weighted by molar-refractivity contribution is 0.765. The third-order valence-corrected chi connectivity index (χ3v) is 2.09. The van der Waals surface area contributed by atoms with Crippen molar-refractivity contribution < 1.29 is 0 Å². The average Bonchev–Trinajstić information content (AvgIpc) is 2.67. The highest BCUT2D eigenvalue weighted by atomic mass is 15.2. The molecule has 0 unspecified atom stereocenters. The molecule has 0 amide bonds. The first-order valence-corrected chi connectivity index (χ1v) is 5.34. The van der Waals surface area contributed by atoms with Crippen molar-refractivity contribution >= 4 is 5.96 Å². The van der Waals surface area contributed by atoms with Gasteiger partial charge in [-0.1, -0.05) is 6.08 Å². The summed E-state index contributed by atoms with van der Waals surface area (Å²) in [5, 5.41) is 7.03. The number of guanidine groups is 1. The van der Waals surface area contributed by atoms with Gasteiger partial charge in [-0.2, -0.15) is 5.10 Å². The summed E-state index contributed by atoms with van der Waals surface area (Å²) in [5.41, 5.74) is 6.85. The van der Waals surface area contributed by atoms with E-state index in [9.17, 15) is 0 Å². The summed E-state index contributed by atoms with van der Waals surface area (Å²) in [6.07, 6.45) is 7.60. The molecule has 0 aliphatic heterocycles. The van der Waals surface area contributed by atoms with Crippen LogP contribution in [0, 0.1) is 0 Å². The Balaban J connectivity index is 2.18. The van der Waals surface area contributed by atoms with Crippen molar-refractivity contribution in [1.82, 2.24) is 15.1 Å². The molecule has 0 saturated heterocycles. The van der Waals surface area contributed by atoms with Crippen molar-refractivity contribution in [2.24, 2.45) is 17.8 Å². The molecule has 0 aliphatic carbocycles. The molecular weight excluding hydrogens is 202 g/mol. The molecule has 1 aromatic heterocycles. The van der Waals surface area contributed by atoms with Crippen LogP contribution in [0.15, 0.2) is 30.0 Å². The van der Waals surface area contributed by atoms with Crippen LogP contribution in [0.3, 0.4) is 0 Å². The van der Waals surface area contributed by atoms with E-state index < -0.39 is 0 Å². The Hall–Kier alpha value is -1.78. The first kappa shape index (κ1) is 12.3. The Morgan fingerprint density at radius 1 is 1.75 bits per heavy atom. The summed E-state index contributed by atoms with van der Waals surface area (Å²) in [6.45, 7) is 4.97. The van der Waals surface area contributed by atoms with E-state index in [4.69, 9.17) is 5.73 Å². The molecule has 0 aromatic carbocycles. The fourth-order valence-corrected chi connectivity index (χ4v) is 1.32. The van der Waals surface area contributed by atoms with Crippen LogP contribution in [0.25, 0.3) is 0 Å². The molecule has 3 N–H and O–H groups in total. The van der Waals surface area contributed by atoms with Crippen molar-refractivity contribution in [2.45, 2.75) is 12.8 Å². The molecule has 0 saturated carbocycles. The van der Waals surface area contributed by atoms with Crippen molar-refractivity contribution in [3.05, 3.63) is 30.6 Å². The molecule has 16 heavy (non-hydrogen) atoms. The summed E-state index contributed by atoms with van der Waals surface area (Å²) in [7, 11) is 1.92. The Bertz CT molecular complexity index is 353. The topological polar surface area (TPSA) is 68.2 Å². The maximum absolute atomic E-state index is 5.62. The van der Waals surface area contributed by atoms with Crippen LogP contribution >= 0.6 is 0 Å². The molecule has 0 radical (unpaired) electrons. The summed E-state index contributed by atoms with van der Waals surface area (Å²) in [5.74, 6) is 0.478. The van der Waals surface area contributed by atoms with Gasteiger partial charge in [-0.25, -0.2) is 0 Å². The highest BCUT2D eigenvalue weighted by molar-refractivity contribution is 5.77. The minimum atomic E-state index is 0.478. The van der Waals surface area contributed by atoms with E-state index in [2.05, 4.69) is 22.0 Å². The van der Waals surface area contributed by atoms with Gasteiger partial charge in [0.1, 0.15) is 0 Å². The van der Waals surface area contributed by atoms with E-state index >= 15 is 0 Å². The molecule has 5 nitrogen and oxygen atoms in total. The third kappa shape index (κ3) is 4.63. The van der Waals surface area contributed by atoms with Gasteiger partial charge in [-0.3, -0.25) is 9.67 Å². The van der Waals surface area contributed by atoms with Gasteiger partial charge < -0.3 is 11.1 Å². The van der Waals surface area contributed by atoms with Crippen molar-refractivity contribution in [1.29, 1.82) is 0 Å². The molecule has 0 atom stereocenters. The molecule has 5 heteroatoms. The summed E-state index contributed by atoms with van der Waals surface area (Å²) >= 11 is 0. The molecule has 1 rings (SSSR count). The number of nitrogens with one attached hydrogen (secondary N) is 1. The van der Waals surface area contributed by atoms with Crippen LogP contribution in [0.5, 0.6) is 0 Å². The second-order valence-corrected chi connectivity index (χ2v) is 3.56. The lowest BCUT2D eigenvalue weighted by Gasteiger charge is -2.01. The number of aryl methyl sites for hydroxylation is 2. The standard InChI is InChI=1S/C11H19N5/c1-3-6-13-11(12)14-7-4-5-10-8-15-16(2)9-10/h3,8-9H,1,4-7H2,2H3,(H3,12,13,14). The number of aliphatic imine (C=N–C) groups is 1. The van der Waals surface area contributed by atoms with E-state index in [1.54, 1.807) is 10.8 Å². The Morgan fingerprint density at radius 3 is 3.19 bits per heavy atom. The molecular formula is C11H19N5. The zero-order valence-electron chi connectivity index (χ0n) is 9.69. The lowest BCUT2D eigenvalue weighted by atomic mass is 10.2. The number of nitrogens with zero attached hydrogens (tertiary/aromatic N) is 3. The summed E-state index contributed by atoms with van der Waals surface area (Å²) in [4.78, 5) is 4.19. The zero-order chi connectivity index (χ0) is 11.8. The van der Waals surface area contributed by atoms with Crippen LogP contribution < -0.4 is 11.1 Å². The summed E-state index contributed by atoms with van der Waals surface area (Å²) in [6, 6.07) is 0. The summed E-state index contributed by atoms with van der Waals surface area (Å²) < 4.78 is 1.80. The first-order chi connectivity index (χ1) is 7.72. The van der Waals surface area contributed by atoms with Crippen molar-refractivity contribution in [3.8, 4) is 0 Å². The van der Waals surface area contributed by atoms with E-state index in [0.717, 1.165) is 19.4 Å². The van der Waals surface area contributed by atoms with Gasteiger partial charge >= 0.3 is 0 Å². The fourth-order valence-electron chi connectivity index (χ4n) is 1.32. The predicted octanol–water partition coefficient (Wildman–Crippen LogP) is 0.443. The van der Waals surface area contributed by atoms with Crippen molar-refractivity contribution in [2.75, 3.05) is 13.1 Å². The number of nitrogens with two attached hydrogens (primary N) is 1. The Morgan fingerprint density at radius 2 is 2.56 bits per heavy atom. The number of aromatic nitrogens is 2. The van der Waals surface area contributed by atoms with Crippen LogP contribution in [-0.4, -0.2) is 28.8 Å². The smallest absolute Gasteiger partial charge is 0.188 e. The van der Waals surface area contributed by atoms with E-state index in [1.807, 2.05) is 19.4 Å². The maximum atomic E-state index is 5.62. The lowest BCUT2D eigenvalue weighted by Crippen LogP contribution is -2.31. The van der Waals surface area contributed by atoms with Crippen LogP contribution in [-0.2, 0) is 13.5 Å². The van der Waals surface area contributed by atoms with E-state index in [-0.39, 0.29) is 0 Å². The molecule has 0 spiro atoms. The van der Waals surface area contributed by atoms with E-state index in [0.29, 0.717) is 12.5 Å². The van der Waals surface area contributed by atoms with Gasteiger partial charge in [0.05, 0.1) is 6.20 Å². The maximum Gasteiger partial charge on any atom is 0.188 e. The number of rotatable bonds is 6. The molecule has 88 valence electrons. The quantitative estimate of drug-likeness (QED) is 0.317. The van der Waals surface area contributed by atoms with Crippen molar-refractivity contribution in [3.63, 3.8) is 0 Å². The average molecular weight is 221 g/mol. The van der Waals surface area contributed by atoms with E-state index in [1.165, 1.54) is 5.56 Å². The molecule has 0 fully saturated rings. The molecule has 0 bridgehead atoms. The fraction of sp³-hybridized carbons (Fsp3) is 0.455. The highest BCUT2D eigenvalue weighted by Crippen LogP contribution is 2.00. The second kappa shape index (κ2) is 6.66. The SMILES string of the molecule is C=CCNC(N)=NCCCc1cnn(C)c1. The molecule has 1 aromatic rings.